The molecule has 1 aromatic carbocycles. The quantitative estimate of drug-likeness (QED) is 0.363. The number of aromatic hydroxyl groups is 1. The number of aliphatic hydroxyl groups is 1. The molecular formula is C21H36O7Si. The summed E-state index contributed by atoms with van der Waals surface area (Å²) in [4.78, 5) is 12.0. The van der Waals surface area contributed by atoms with Gasteiger partial charge in [-0.2, -0.15) is 0 Å². The summed E-state index contributed by atoms with van der Waals surface area (Å²) in [5, 5.41) is 19.5. The summed E-state index contributed by atoms with van der Waals surface area (Å²) in [7, 11) is -2.90. The highest BCUT2D eigenvalue weighted by Gasteiger charge is 2.43. The molecule has 1 aromatic rings. The number of hydrogen-bond donors (Lipinski definition) is 2. The Morgan fingerprint density at radius 2 is 1.41 bits per heavy atom. The molecule has 8 heteroatoms. The molecule has 0 aromatic heterocycles. The van der Waals surface area contributed by atoms with E-state index in [1.165, 1.54) is 24.3 Å². The van der Waals surface area contributed by atoms with E-state index < -0.39 is 20.9 Å². The van der Waals surface area contributed by atoms with Crippen LogP contribution in [0.4, 0.5) is 0 Å². The number of ether oxygens (including phenoxy) is 1. The van der Waals surface area contributed by atoms with Crippen LogP contribution in [0.1, 0.15) is 64.7 Å². The second kappa shape index (κ2) is 12.3. The number of aliphatic hydroxyl groups excluding tert-OH is 1. The maximum Gasteiger partial charge on any atom is 0.501 e. The van der Waals surface area contributed by atoms with Crippen molar-refractivity contribution < 1.29 is 33.0 Å². The minimum atomic E-state index is -2.90. The molecule has 1 rings (SSSR count). The smallest absolute Gasteiger partial charge is 0.501 e. The molecule has 166 valence electrons. The Balaban J connectivity index is 2.56. The number of esters is 1. The first-order valence-electron chi connectivity index (χ1n) is 10.2. The third-order valence-electron chi connectivity index (χ3n) is 3.78. The zero-order chi connectivity index (χ0) is 22.0. The molecule has 0 heterocycles. The summed E-state index contributed by atoms with van der Waals surface area (Å²) < 4.78 is 23.5. The molecule has 0 radical (unpaired) electrons. The minimum absolute atomic E-state index is 0.0321. The molecule has 0 spiro atoms. The van der Waals surface area contributed by atoms with E-state index in [9.17, 15) is 15.0 Å². The molecule has 0 saturated carbocycles. The molecule has 0 aliphatic heterocycles. The van der Waals surface area contributed by atoms with Gasteiger partial charge in [0.2, 0.25) is 0 Å². The van der Waals surface area contributed by atoms with Gasteiger partial charge in [0, 0.05) is 24.4 Å². The molecule has 7 nitrogen and oxygen atoms in total. The number of benzene rings is 1. The Morgan fingerprint density at radius 1 is 0.931 bits per heavy atom. The van der Waals surface area contributed by atoms with Crippen LogP contribution in [0.3, 0.4) is 0 Å². The monoisotopic (exact) mass is 428 g/mol. The van der Waals surface area contributed by atoms with Gasteiger partial charge < -0.3 is 28.2 Å². The van der Waals surface area contributed by atoms with Gasteiger partial charge in [-0.15, -0.1) is 0 Å². The topological polar surface area (TPSA) is 94.5 Å². The van der Waals surface area contributed by atoms with Gasteiger partial charge in [-0.1, -0.05) is 0 Å². The number of rotatable bonds is 13. The van der Waals surface area contributed by atoms with Crippen molar-refractivity contribution in [2.45, 2.75) is 84.8 Å². The van der Waals surface area contributed by atoms with Crippen LogP contribution >= 0.6 is 0 Å². The van der Waals surface area contributed by atoms with Gasteiger partial charge in [-0.25, -0.2) is 4.79 Å². The van der Waals surface area contributed by atoms with Crippen molar-refractivity contribution in [1.82, 2.24) is 0 Å². The maximum atomic E-state index is 12.0. The number of hydrogen-bond acceptors (Lipinski definition) is 7. The summed E-state index contributed by atoms with van der Waals surface area (Å²) in [5.41, 5.74) is 0.322. The SMILES string of the molecule is CC(C)O[Si](CCCC(O)COC(=O)c1ccc(O)cc1)(OC(C)C)OC(C)C. The highest BCUT2D eigenvalue weighted by atomic mass is 28.4. The van der Waals surface area contributed by atoms with Crippen LogP contribution in [0.15, 0.2) is 24.3 Å². The van der Waals surface area contributed by atoms with Crippen molar-refractivity contribution in [3.8, 4) is 5.75 Å². The average Bonchev–Trinajstić information content (AvgIpc) is 2.58. The number of phenols is 1. The zero-order valence-corrected chi connectivity index (χ0v) is 19.4. The Morgan fingerprint density at radius 3 is 1.86 bits per heavy atom. The first kappa shape index (κ1) is 25.6. The average molecular weight is 429 g/mol. The van der Waals surface area contributed by atoms with Crippen LogP contribution in [-0.2, 0) is 18.0 Å². The minimum Gasteiger partial charge on any atom is -0.508 e. The van der Waals surface area contributed by atoms with E-state index in [1.807, 2.05) is 41.5 Å². The molecule has 1 atom stereocenters. The summed E-state index contributed by atoms with van der Waals surface area (Å²) in [6.45, 7) is 11.6. The first-order chi connectivity index (χ1) is 13.5. The predicted octanol–water partition coefficient (Wildman–Crippen LogP) is 3.90. The van der Waals surface area contributed by atoms with E-state index in [0.29, 0.717) is 24.4 Å². The lowest BCUT2D eigenvalue weighted by atomic mass is 10.2. The van der Waals surface area contributed by atoms with Crippen LogP contribution in [0.25, 0.3) is 0 Å². The fourth-order valence-electron chi connectivity index (χ4n) is 2.83. The third-order valence-corrected chi connectivity index (χ3v) is 7.23. The van der Waals surface area contributed by atoms with Crippen molar-refractivity contribution in [3.05, 3.63) is 29.8 Å². The number of carbonyl (C=O) groups excluding carboxylic acids is 1. The molecule has 0 amide bonds. The molecule has 2 N–H and O–H groups in total. The van der Waals surface area contributed by atoms with Crippen molar-refractivity contribution in [2.75, 3.05) is 6.61 Å². The lowest BCUT2D eigenvalue weighted by Gasteiger charge is -2.34. The largest absolute Gasteiger partial charge is 0.508 e. The second-order valence-corrected chi connectivity index (χ2v) is 10.4. The van der Waals surface area contributed by atoms with E-state index in [-0.39, 0.29) is 30.7 Å². The van der Waals surface area contributed by atoms with E-state index in [4.69, 9.17) is 18.0 Å². The Bertz CT molecular complexity index is 575. The third kappa shape index (κ3) is 10.2. The highest BCUT2D eigenvalue weighted by Crippen LogP contribution is 2.25. The molecule has 29 heavy (non-hydrogen) atoms. The number of phenolic OH excluding ortho intramolecular Hbond substituents is 1. The molecular weight excluding hydrogens is 392 g/mol. The van der Waals surface area contributed by atoms with Gasteiger partial charge in [0.25, 0.3) is 0 Å². The Kier molecular flexibility index (Phi) is 10.8. The van der Waals surface area contributed by atoms with Gasteiger partial charge >= 0.3 is 14.8 Å². The van der Waals surface area contributed by atoms with Crippen LogP contribution in [0.2, 0.25) is 6.04 Å². The molecule has 1 unspecified atom stereocenters. The fraction of sp³-hybridized carbons (Fsp3) is 0.667. The molecule has 0 fully saturated rings. The lowest BCUT2D eigenvalue weighted by molar-refractivity contribution is 0.000655. The second-order valence-electron chi connectivity index (χ2n) is 7.87. The first-order valence-corrected chi connectivity index (χ1v) is 12.1. The normalized spacial score (nSPS) is 13.3. The van der Waals surface area contributed by atoms with Gasteiger partial charge in [-0.3, -0.25) is 0 Å². The van der Waals surface area contributed by atoms with Crippen LogP contribution in [0, 0.1) is 0 Å². The summed E-state index contributed by atoms with van der Waals surface area (Å²) in [6, 6.07) is 6.34. The molecule has 0 bridgehead atoms. The van der Waals surface area contributed by atoms with E-state index >= 15 is 0 Å². The van der Waals surface area contributed by atoms with Crippen molar-refractivity contribution in [3.63, 3.8) is 0 Å². The van der Waals surface area contributed by atoms with E-state index in [2.05, 4.69) is 0 Å². The van der Waals surface area contributed by atoms with Gasteiger partial charge in [0.15, 0.2) is 0 Å². The van der Waals surface area contributed by atoms with E-state index in [1.54, 1.807) is 0 Å². The predicted molar refractivity (Wildman–Crippen MR) is 113 cm³/mol. The van der Waals surface area contributed by atoms with Crippen LogP contribution in [-0.4, -0.2) is 56.0 Å². The molecule has 0 aliphatic rings. The summed E-state index contributed by atoms with van der Waals surface area (Å²) in [6.07, 6.45) is 0.166. The van der Waals surface area contributed by atoms with Crippen LogP contribution < -0.4 is 0 Å². The van der Waals surface area contributed by atoms with Gasteiger partial charge in [-0.05, 0) is 78.6 Å². The van der Waals surface area contributed by atoms with Crippen molar-refractivity contribution >= 4 is 14.8 Å². The zero-order valence-electron chi connectivity index (χ0n) is 18.4. The molecule has 0 saturated heterocycles. The number of carbonyl (C=O) groups is 1. The fourth-order valence-corrected chi connectivity index (χ4v) is 6.14. The van der Waals surface area contributed by atoms with Gasteiger partial charge in [0.05, 0.1) is 11.7 Å². The van der Waals surface area contributed by atoms with Crippen LogP contribution in [0.5, 0.6) is 5.75 Å². The standard InChI is InChI=1S/C21H36O7Si/c1-15(2)26-29(27-16(3)4,28-17(5)6)13-7-8-20(23)14-25-21(24)18-9-11-19(22)12-10-18/h9-12,15-17,20,22-23H,7-8,13-14H2,1-6H3. The van der Waals surface area contributed by atoms with Crippen molar-refractivity contribution in [1.29, 1.82) is 0 Å². The Labute approximate surface area is 175 Å². The maximum absolute atomic E-state index is 12.0. The summed E-state index contributed by atoms with van der Waals surface area (Å²) >= 11 is 0. The Hall–Kier alpha value is -1.45. The van der Waals surface area contributed by atoms with Crippen molar-refractivity contribution in [2.24, 2.45) is 0 Å². The molecule has 0 aliphatic carbocycles. The highest BCUT2D eigenvalue weighted by molar-refractivity contribution is 6.60. The van der Waals surface area contributed by atoms with E-state index in [0.717, 1.165) is 0 Å². The van der Waals surface area contributed by atoms with Gasteiger partial charge in [0.1, 0.15) is 12.4 Å². The lowest BCUT2D eigenvalue weighted by Crippen LogP contribution is -2.50. The summed E-state index contributed by atoms with van der Waals surface area (Å²) in [5.74, 6) is -0.465.